The van der Waals surface area contributed by atoms with Crippen LogP contribution in [0.25, 0.3) is 22.3 Å². The Morgan fingerprint density at radius 1 is 0.553 bits per heavy atom. The zero-order valence-electron chi connectivity index (χ0n) is 27.0. The monoisotopic (exact) mass is 607 g/mol. The number of benzene rings is 6. The van der Waals surface area contributed by atoms with Crippen LogP contribution in [0, 0.1) is 0 Å². The quantitative estimate of drug-likeness (QED) is 0.157. The summed E-state index contributed by atoms with van der Waals surface area (Å²) in [5, 5.41) is 0. The summed E-state index contributed by atoms with van der Waals surface area (Å²) in [5.41, 5.74) is 21.0. The lowest BCUT2D eigenvalue weighted by atomic mass is 9.69. The molecule has 228 valence electrons. The van der Waals surface area contributed by atoms with Crippen LogP contribution in [0.2, 0.25) is 0 Å². The SMILES string of the molecule is CC(C)(C)c1ccc2c(c1)C1(c3ccccc3-c3ccccc31)c1cc(CN=C(N=C(N)c3ccccc3)c3ccccc3)ccc1-2. The Morgan fingerprint density at radius 2 is 1.06 bits per heavy atom. The van der Waals surface area contributed by atoms with Gasteiger partial charge in [0, 0.05) is 11.1 Å². The second-order valence-corrected chi connectivity index (χ2v) is 13.6. The van der Waals surface area contributed by atoms with E-state index in [2.05, 4.69) is 106 Å². The summed E-state index contributed by atoms with van der Waals surface area (Å²) in [6.07, 6.45) is 0. The average Bonchev–Trinajstić information content (AvgIpc) is 3.57. The Kier molecular flexibility index (Phi) is 6.80. The Morgan fingerprint density at radius 3 is 1.68 bits per heavy atom. The van der Waals surface area contributed by atoms with Crippen molar-refractivity contribution >= 4 is 11.7 Å². The zero-order chi connectivity index (χ0) is 32.2. The van der Waals surface area contributed by atoms with Gasteiger partial charge >= 0.3 is 0 Å². The first kappa shape index (κ1) is 28.9. The van der Waals surface area contributed by atoms with E-state index in [1.165, 1.54) is 50.1 Å². The summed E-state index contributed by atoms with van der Waals surface area (Å²) in [6, 6.07) is 51.9. The van der Waals surface area contributed by atoms with Crippen molar-refractivity contribution in [2.75, 3.05) is 0 Å². The third-order valence-electron chi connectivity index (χ3n) is 9.76. The van der Waals surface area contributed by atoms with E-state index in [1.54, 1.807) is 0 Å². The summed E-state index contributed by atoms with van der Waals surface area (Å²) in [7, 11) is 0. The number of nitrogens with zero attached hydrogens (tertiary/aromatic N) is 2. The number of hydrogen-bond donors (Lipinski definition) is 1. The van der Waals surface area contributed by atoms with Crippen LogP contribution < -0.4 is 5.73 Å². The third-order valence-corrected chi connectivity index (χ3v) is 9.76. The average molecular weight is 608 g/mol. The van der Waals surface area contributed by atoms with E-state index >= 15 is 0 Å². The number of rotatable bonds is 4. The fraction of sp³-hybridized carbons (Fsp3) is 0.136. The predicted molar refractivity (Wildman–Crippen MR) is 195 cm³/mol. The van der Waals surface area contributed by atoms with Crippen molar-refractivity contribution in [2.45, 2.75) is 38.1 Å². The molecular formula is C44H37N3. The van der Waals surface area contributed by atoms with Gasteiger partial charge in [0.15, 0.2) is 5.84 Å². The molecule has 2 aliphatic carbocycles. The molecule has 0 bridgehead atoms. The van der Waals surface area contributed by atoms with E-state index in [4.69, 9.17) is 15.7 Å². The Labute approximate surface area is 277 Å². The van der Waals surface area contributed by atoms with Gasteiger partial charge in [0.25, 0.3) is 0 Å². The minimum atomic E-state index is -0.406. The summed E-state index contributed by atoms with van der Waals surface area (Å²) in [5.74, 6) is 1.07. The van der Waals surface area contributed by atoms with Crippen molar-refractivity contribution in [1.29, 1.82) is 0 Å². The highest BCUT2D eigenvalue weighted by Gasteiger charge is 2.51. The van der Waals surface area contributed by atoms with Crippen LogP contribution in [-0.2, 0) is 17.4 Å². The molecule has 0 saturated heterocycles. The number of fused-ring (bicyclic) bond motifs is 10. The minimum Gasteiger partial charge on any atom is -0.383 e. The smallest absolute Gasteiger partial charge is 0.157 e. The summed E-state index contributed by atoms with van der Waals surface area (Å²) >= 11 is 0. The summed E-state index contributed by atoms with van der Waals surface area (Å²) < 4.78 is 0. The first-order valence-corrected chi connectivity index (χ1v) is 16.3. The zero-order valence-corrected chi connectivity index (χ0v) is 27.0. The molecule has 0 fully saturated rings. The van der Waals surface area contributed by atoms with Crippen LogP contribution in [0.4, 0.5) is 0 Å². The Bertz CT molecular complexity index is 2160. The van der Waals surface area contributed by atoms with E-state index in [9.17, 15) is 0 Å². The van der Waals surface area contributed by atoms with Crippen LogP contribution in [0.1, 0.15) is 65.3 Å². The third kappa shape index (κ3) is 4.65. The van der Waals surface area contributed by atoms with E-state index in [1.807, 2.05) is 60.7 Å². The van der Waals surface area contributed by atoms with Gasteiger partial charge in [-0.25, -0.2) is 4.99 Å². The molecule has 2 aliphatic rings. The van der Waals surface area contributed by atoms with Gasteiger partial charge in [0.1, 0.15) is 5.84 Å². The van der Waals surface area contributed by atoms with E-state index in [0.717, 1.165) is 16.7 Å². The van der Waals surface area contributed by atoms with Crippen LogP contribution in [0.15, 0.2) is 156 Å². The lowest BCUT2D eigenvalue weighted by Gasteiger charge is -2.32. The van der Waals surface area contributed by atoms with Crippen molar-refractivity contribution in [3.63, 3.8) is 0 Å². The van der Waals surface area contributed by atoms with E-state index in [0.29, 0.717) is 18.2 Å². The molecule has 3 heteroatoms. The van der Waals surface area contributed by atoms with E-state index < -0.39 is 5.41 Å². The molecule has 0 heterocycles. The summed E-state index contributed by atoms with van der Waals surface area (Å²) in [6.45, 7) is 7.38. The van der Waals surface area contributed by atoms with Crippen molar-refractivity contribution < 1.29 is 0 Å². The normalized spacial score (nSPS) is 14.4. The molecule has 6 aromatic carbocycles. The molecule has 2 N–H and O–H groups in total. The predicted octanol–water partition coefficient (Wildman–Crippen LogP) is 9.68. The second-order valence-electron chi connectivity index (χ2n) is 13.6. The number of amidine groups is 2. The fourth-order valence-electron chi connectivity index (χ4n) is 7.48. The van der Waals surface area contributed by atoms with Crippen LogP contribution in [0.3, 0.4) is 0 Å². The fourth-order valence-corrected chi connectivity index (χ4v) is 7.48. The van der Waals surface area contributed by atoms with Crippen molar-refractivity contribution in [3.05, 3.63) is 190 Å². The molecule has 0 atom stereocenters. The number of hydrogen-bond acceptors (Lipinski definition) is 1. The van der Waals surface area contributed by atoms with Crippen molar-refractivity contribution in [1.82, 2.24) is 0 Å². The molecule has 0 amide bonds. The number of nitrogens with two attached hydrogens (primary N) is 1. The Hall–Kier alpha value is -5.54. The maximum Gasteiger partial charge on any atom is 0.157 e. The van der Waals surface area contributed by atoms with Gasteiger partial charge in [0.2, 0.25) is 0 Å². The lowest BCUT2D eigenvalue weighted by molar-refractivity contribution is 0.588. The molecule has 47 heavy (non-hydrogen) atoms. The molecular weight excluding hydrogens is 571 g/mol. The molecule has 3 nitrogen and oxygen atoms in total. The molecule has 1 spiro atoms. The maximum absolute atomic E-state index is 6.51. The minimum absolute atomic E-state index is 0.0263. The molecule has 0 radical (unpaired) electrons. The topological polar surface area (TPSA) is 50.7 Å². The Balaban J connectivity index is 1.31. The molecule has 0 aliphatic heterocycles. The van der Waals surface area contributed by atoms with Gasteiger partial charge in [-0.05, 0) is 61.0 Å². The molecule has 8 rings (SSSR count). The largest absolute Gasteiger partial charge is 0.383 e. The highest BCUT2D eigenvalue weighted by Crippen LogP contribution is 2.63. The van der Waals surface area contributed by atoms with Crippen molar-refractivity contribution in [2.24, 2.45) is 15.7 Å². The lowest BCUT2D eigenvalue weighted by Crippen LogP contribution is -2.26. The van der Waals surface area contributed by atoms with Gasteiger partial charge in [0.05, 0.1) is 12.0 Å². The van der Waals surface area contributed by atoms with Crippen LogP contribution >= 0.6 is 0 Å². The van der Waals surface area contributed by atoms with Gasteiger partial charge in [-0.3, -0.25) is 4.99 Å². The van der Waals surface area contributed by atoms with Gasteiger partial charge < -0.3 is 5.73 Å². The first-order valence-electron chi connectivity index (χ1n) is 16.3. The second kappa shape index (κ2) is 11.1. The standard InChI is InChI=1S/C44H37N3/c1-43(2,3)32-23-25-36-35-24-22-29(28-46-42(31-16-8-5-9-17-31)47-41(45)30-14-6-4-7-15-30)26-39(35)44(40(36)27-32)37-20-12-10-18-33(37)34-19-11-13-21-38(34)44/h4-27H,28H2,1-3H3,(H2,45,46,47). The van der Waals surface area contributed by atoms with Crippen LogP contribution in [-0.4, -0.2) is 11.7 Å². The van der Waals surface area contributed by atoms with Gasteiger partial charge in [-0.15, -0.1) is 0 Å². The summed E-state index contributed by atoms with van der Waals surface area (Å²) in [4.78, 5) is 9.95. The van der Waals surface area contributed by atoms with Crippen molar-refractivity contribution in [3.8, 4) is 22.3 Å². The molecule has 0 unspecified atom stereocenters. The van der Waals surface area contributed by atoms with Gasteiger partial charge in [-0.2, -0.15) is 0 Å². The molecule has 0 aromatic heterocycles. The highest BCUT2D eigenvalue weighted by atomic mass is 15.0. The van der Waals surface area contributed by atoms with Gasteiger partial charge in [-0.1, -0.05) is 166 Å². The highest BCUT2D eigenvalue weighted by molar-refractivity contribution is 6.11. The van der Waals surface area contributed by atoms with Crippen LogP contribution in [0.5, 0.6) is 0 Å². The first-order chi connectivity index (χ1) is 22.9. The maximum atomic E-state index is 6.51. The molecule has 0 saturated carbocycles. The molecule has 6 aromatic rings. The van der Waals surface area contributed by atoms with E-state index in [-0.39, 0.29) is 5.41 Å². The number of aliphatic imine (C=N–C) groups is 2.